The minimum absolute atomic E-state index is 0.0447. The molecule has 6 heteroatoms. The van der Waals surface area contributed by atoms with Gasteiger partial charge >= 0.3 is 0 Å². The van der Waals surface area contributed by atoms with Crippen LogP contribution in [0, 0.1) is 0 Å². The Bertz CT molecular complexity index is 963. The number of fused-ring (bicyclic) bond motifs is 1. The Morgan fingerprint density at radius 1 is 1.14 bits per heavy atom. The van der Waals surface area contributed by atoms with Crippen LogP contribution in [0.2, 0.25) is 0 Å². The topological polar surface area (TPSA) is 69.0 Å². The number of aromatic nitrogens is 3. The normalized spacial score (nSPS) is 13.0. The van der Waals surface area contributed by atoms with Crippen molar-refractivity contribution in [1.82, 2.24) is 14.8 Å². The summed E-state index contributed by atoms with van der Waals surface area (Å²) in [6.07, 6.45) is 4.26. The number of nitrogens with one attached hydrogen (secondary N) is 1. The number of rotatable bonds is 6. The number of hydrogen-bond acceptors (Lipinski definition) is 4. The molecule has 28 heavy (non-hydrogen) atoms. The van der Waals surface area contributed by atoms with Crippen molar-refractivity contribution in [2.24, 2.45) is 0 Å². The second kappa shape index (κ2) is 8.25. The third-order valence-corrected chi connectivity index (χ3v) is 4.97. The number of ether oxygens (including phenoxy) is 1. The summed E-state index contributed by atoms with van der Waals surface area (Å²) in [4.78, 5) is 12.2. The monoisotopic (exact) mass is 376 g/mol. The van der Waals surface area contributed by atoms with Crippen molar-refractivity contribution in [1.29, 1.82) is 0 Å². The summed E-state index contributed by atoms with van der Waals surface area (Å²) in [5.41, 5.74) is 2.96. The van der Waals surface area contributed by atoms with E-state index in [1.54, 1.807) is 0 Å². The number of anilines is 1. The van der Waals surface area contributed by atoms with Gasteiger partial charge in [-0.2, -0.15) is 0 Å². The molecule has 1 N–H and O–H groups in total. The van der Waals surface area contributed by atoms with E-state index in [-0.39, 0.29) is 12.5 Å². The minimum Gasteiger partial charge on any atom is -0.484 e. The van der Waals surface area contributed by atoms with Crippen LogP contribution < -0.4 is 10.1 Å². The summed E-state index contributed by atoms with van der Waals surface area (Å²) in [7, 11) is 0. The van der Waals surface area contributed by atoms with Crippen LogP contribution in [0.15, 0.2) is 48.5 Å². The first kappa shape index (κ1) is 18.2. The standard InChI is InChI=1S/C22H24N4O2/c1-2-16-9-11-18(12-10-16)23-21(27)15-28-19-7-5-6-17(14-19)22-25-24-20-8-3-4-13-26(20)22/h5-7,9-12,14H,2-4,8,13,15H2,1H3,(H,23,27). The second-order valence-corrected chi connectivity index (χ2v) is 6.96. The Kier molecular flexibility index (Phi) is 5.37. The van der Waals surface area contributed by atoms with Crippen LogP contribution in [-0.4, -0.2) is 27.3 Å². The molecule has 0 saturated heterocycles. The third kappa shape index (κ3) is 4.06. The Hall–Kier alpha value is -3.15. The Labute approximate surface area is 164 Å². The van der Waals surface area contributed by atoms with Crippen LogP contribution in [0.5, 0.6) is 5.75 Å². The third-order valence-electron chi connectivity index (χ3n) is 4.97. The molecule has 4 rings (SSSR count). The molecule has 1 aliphatic heterocycles. The van der Waals surface area contributed by atoms with Crippen molar-refractivity contribution in [3.8, 4) is 17.1 Å². The number of nitrogens with zero attached hydrogens (tertiary/aromatic N) is 3. The van der Waals surface area contributed by atoms with Gasteiger partial charge in [-0.1, -0.05) is 31.2 Å². The van der Waals surface area contributed by atoms with Gasteiger partial charge in [-0.3, -0.25) is 4.79 Å². The van der Waals surface area contributed by atoms with E-state index in [1.165, 1.54) is 5.56 Å². The highest BCUT2D eigenvalue weighted by Crippen LogP contribution is 2.26. The highest BCUT2D eigenvalue weighted by Gasteiger charge is 2.17. The molecule has 0 spiro atoms. The lowest BCUT2D eigenvalue weighted by atomic mass is 10.1. The number of carbonyl (C=O) groups is 1. The molecule has 0 bridgehead atoms. The average molecular weight is 376 g/mol. The van der Waals surface area contributed by atoms with Crippen molar-refractivity contribution < 1.29 is 9.53 Å². The Morgan fingerprint density at radius 3 is 2.82 bits per heavy atom. The van der Waals surface area contributed by atoms with Gasteiger partial charge in [-0.15, -0.1) is 10.2 Å². The van der Waals surface area contributed by atoms with Crippen molar-refractivity contribution in [2.75, 3.05) is 11.9 Å². The van der Waals surface area contributed by atoms with Crippen molar-refractivity contribution in [3.63, 3.8) is 0 Å². The number of amides is 1. The molecule has 0 radical (unpaired) electrons. The predicted molar refractivity (Wildman–Crippen MR) is 108 cm³/mol. The van der Waals surface area contributed by atoms with Gasteiger partial charge in [0, 0.05) is 24.2 Å². The molecular weight excluding hydrogens is 352 g/mol. The van der Waals surface area contributed by atoms with E-state index in [0.717, 1.165) is 55.1 Å². The lowest BCUT2D eigenvalue weighted by Gasteiger charge is -2.15. The molecule has 144 valence electrons. The molecule has 0 saturated carbocycles. The molecule has 0 unspecified atom stereocenters. The van der Waals surface area contributed by atoms with E-state index >= 15 is 0 Å². The van der Waals surface area contributed by atoms with Gasteiger partial charge in [-0.05, 0) is 49.1 Å². The molecule has 3 aromatic rings. The first-order valence-corrected chi connectivity index (χ1v) is 9.77. The zero-order valence-electron chi connectivity index (χ0n) is 16.0. The van der Waals surface area contributed by atoms with Gasteiger partial charge < -0.3 is 14.6 Å². The van der Waals surface area contributed by atoms with Gasteiger partial charge in [-0.25, -0.2) is 0 Å². The lowest BCUT2D eigenvalue weighted by molar-refractivity contribution is -0.118. The van der Waals surface area contributed by atoms with E-state index in [9.17, 15) is 4.79 Å². The Morgan fingerprint density at radius 2 is 2.00 bits per heavy atom. The Balaban J connectivity index is 1.39. The maximum absolute atomic E-state index is 12.2. The van der Waals surface area contributed by atoms with Gasteiger partial charge in [0.05, 0.1) is 0 Å². The largest absolute Gasteiger partial charge is 0.484 e. The molecule has 1 aromatic heterocycles. The SMILES string of the molecule is CCc1ccc(NC(=O)COc2cccc(-c3nnc4n3CCCC4)c2)cc1. The summed E-state index contributed by atoms with van der Waals surface area (Å²) >= 11 is 0. The molecule has 1 aliphatic rings. The average Bonchev–Trinajstić information content (AvgIpc) is 3.17. The van der Waals surface area contributed by atoms with E-state index in [1.807, 2.05) is 48.5 Å². The minimum atomic E-state index is -0.186. The first-order chi connectivity index (χ1) is 13.7. The lowest BCUT2D eigenvalue weighted by Crippen LogP contribution is -2.20. The number of hydrogen-bond donors (Lipinski definition) is 1. The maximum Gasteiger partial charge on any atom is 0.262 e. The van der Waals surface area contributed by atoms with Crippen LogP contribution >= 0.6 is 0 Å². The van der Waals surface area contributed by atoms with Crippen LogP contribution in [0.1, 0.15) is 31.2 Å². The second-order valence-electron chi connectivity index (χ2n) is 6.96. The molecule has 0 atom stereocenters. The summed E-state index contributed by atoms with van der Waals surface area (Å²) in [5, 5.41) is 11.5. The van der Waals surface area contributed by atoms with E-state index in [4.69, 9.17) is 4.74 Å². The molecule has 0 fully saturated rings. The van der Waals surface area contributed by atoms with Crippen LogP contribution in [0.3, 0.4) is 0 Å². The highest BCUT2D eigenvalue weighted by atomic mass is 16.5. The summed E-state index contributed by atoms with van der Waals surface area (Å²) in [6.45, 7) is 3.00. The molecule has 2 heterocycles. The number of benzene rings is 2. The van der Waals surface area contributed by atoms with Crippen molar-refractivity contribution in [2.45, 2.75) is 39.2 Å². The smallest absolute Gasteiger partial charge is 0.262 e. The van der Waals surface area contributed by atoms with Gasteiger partial charge in [0.2, 0.25) is 0 Å². The van der Waals surface area contributed by atoms with Gasteiger partial charge in [0.25, 0.3) is 5.91 Å². The highest BCUT2D eigenvalue weighted by molar-refractivity contribution is 5.91. The summed E-state index contributed by atoms with van der Waals surface area (Å²) in [6, 6.07) is 15.5. The van der Waals surface area contributed by atoms with Gasteiger partial charge in [0.1, 0.15) is 11.6 Å². The molecule has 0 aliphatic carbocycles. The fourth-order valence-electron chi connectivity index (χ4n) is 3.42. The quantitative estimate of drug-likeness (QED) is 0.709. The molecule has 1 amide bonds. The van der Waals surface area contributed by atoms with E-state index in [0.29, 0.717) is 5.75 Å². The van der Waals surface area contributed by atoms with E-state index in [2.05, 4.69) is 27.0 Å². The molecule has 2 aromatic carbocycles. The molecule has 6 nitrogen and oxygen atoms in total. The van der Waals surface area contributed by atoms with Gasteiger partial charge in [0.15, 0.2) is 12.4 Å². The first-order valence-electron chi connectivity index (χ1n) is 9.77. The van der Waals surface area contributed by atoms with E-state index < -0.39 is 0 Å². The fraction of sp³-hybridized carbons (Fsp3) is 0.318. The summed E-state index contributed by atoms with van der Waals surface area (Å²) in [5.74, 6) is 2.36. The summed E-state index contributed by atoms with van der Waals surface area (Å²) < 4.78 is 7.87. The molecular formula is C22H24N4O2. The van der Waals surface area contributed by atoms with Crippen LogP contribution in [-0.2, 0) is 24.2 Å². The fourth-order valence-corrected chi connectivity index (χ4v) is 3.42. The maximum atomic E-state index is 12.2. The zero-order chi connectivity index (χ0) is 19.3. The van der Waals surface area contributed by atoms with Crippen molar-refractivity contribution in [3.05, 3.63) is 59.9 Å². The van der Waals surface area contributed by atoms with Crippen LogP contribution in [0.4, 0.5) is 5.69 Å². The predicted octanol–water partition coefficient (Wildman–Crippen LogP) is 3.86. The van der Waals surface area contributed by atoms with Crippen molar-refractivity contribution >= 4 is 11.6 Å². The van der Waals surface area contributed by atoms with Crippen LogP contribution in [0.25, 0.3) is 11.4 Å². The zero-order valence-corrected chi connectivity index (χ0v) is 16.0. The number of aryl methyl sites for hydroxylation is 2. The number of carbonyl (C=O) groups excluding carboxylic acids is 1.